The Hall–Kier alpha value is -1.20. The maximum atomic E-state index is 10.5. The molecule has 0 radical (unpaired) electrons. The van der Waals surface area contributed by atoms with E-state index in [0.29, 0.717) is 0 Å². The molecule has 70 valence electrons. The van der Waals surface area contributed by atoms with Crippen LogP contribution in [0.1, 0.15) is 0 Å². The van der Waals surface area contributed by atoms with Gasteiger partial charge in [-0.2, -0.15) is 0 Å². The van der Waals surface area contributed by atoms with Crippen LogP contribution in [-0.4, -0.2) is 4.92 Å². The molecular weight excluding hydrogens is 217 g/mol. The van der Waals surface area contributed by atoms with E-state index in [1.807, 2.05) is 0 Å². The zero-order valence-electron chi connectivity index (χ0n) is 6.25. The standard InChI is InChI=1S/C6H5Cl2N3O2/c7-2-1-3(8)5(10)6(4(2)9)11(12)13/h1H,9-10H2. The number of anilines is 2. The zero-order valence-corrected chi connectivity index (χ0v) is 7.76. The van der Waals surface area contributed by atoms with Crippen molar-refractivity contribution in [1.82, 2.24) is 0 Å². The largest absolute Gasteiger partial charge is 0.392 e. The van der Waals surface area contributed by atoms with Crippen LogP contribution in [0.25, 0.3) is 0 Å². The van der Waals surface area contributed by atoms with Crippen LogP contribution >= 0.6 is 23.2 Å². The number of nitrogens with zero attached hydrogens (tertiary/aromatic N) is 1. The minimum Gasteiger partial charge on any atom is -0.392 e. The number of nitrogens with two attached hydrogens (primary N) is 2. The van der Waals surface area contributed by atoms with E-state index in [4.69, 9.17) is 34.7 Å². The predicted octanol–water partition coefficient (Wildman–Crippen LogP) is 2.07. The molecule has 1 aromatic carbocycles. The molecule has 0 spiro atoms. The summed E-state index contributed by atoms with van der Waals surface area (Å²) in [6.45, 7) is 0. The van der Waals surface area contributed by atoms with Gasteiger partial charge >= 0.3 is 5.69 Å². The third kappa shape index (κ3) is 1.61. The number of nitro groups is 1. The third-order valence-corrected chi connectivity index (χ3v) is 2.09. The number of hydrogen-bond acceptors (Lipinski definition) is 4. The summed E-state index contributed by atoms with van der Waals surface area (Å²) in [6.07, 6.45) is 0. The quantitative estimate of drug-likeness (QED) is 0.431. The van der Waals surface area contributed by atoms with Crippen molar-refractivity contribution in [2.24, 2.45) is 0 Å². The Morgan fingerprint density at radius 2 is 1.62 bits per heavy atom. The first kappa shape index (κ1) is 9.88. The lowest BCUT2D eigenvalue weighted by molar-refractivity contribution is -0.382. The first-order valence-corrected chi connectivity index (χ1v) is 3.88. The van der Waals surface area contributed by atoms with E-state index in [-0.39, 0.29) is 21.4 Å². The summed E-state index contributed by atoms with van der Waals surface area (Å²) < 4.78 is 0. The zero-order chi connectivity index (χ0) is 10.2. The van der Waals surface area contributed by atoms with Crippen molar-refractivity contribution < 1.29 is 4.92 Å². The highest BCUT2D eigenvalue weighted by molar-refractivity contribution is 6.38. The fraction of sp³-hybridized carbons (Fsp3) is 0. The number of hydrogen-bond donors (Lipinski definition) is 2. The highest BCUT2D eigenvalue weighted by atomic mass is 35.5. The van der Waals surface area contributed by atoms with Gasteiger partial charge in [0.25, 0.3) is 0 Å². The second kappa shape index (κ2) is 3.27. The molecule has 13 heavy (non-hydrogen) atoms. The molecule has 0 amide bonds. The second-order valence-electron chi connectivity index (χ2n) is 2.27. The normalized spacial score (nSPS) is 10.0. The van der Waals surface area contributed by atoms with Crippen LogP contribution in [-0.2, 0) is 0 Å². The Balaban J connectivity index is 3.56. The molecule has 0 saturated heterocycles. The number of rotatable bonds is 1. The molecule has 1 aromatic rings. The van der Waals surface area contributed by atoms with E-state index >= 15 is 0 Å². The summed E-state index contributed by atoms with van der Waals surface area (Å²) >= 11 is 11.1. The molecule has 7 heteroatoms. The smallest absolute Gasteiger partial charge is 0.317 e. The van der Waals surface area contributed by atoms with Gasteiger partial charge in [0.05, 0.1) is 15.0 Å². The maximum absolute atomic E-state index is 10.5. The lowest BCUT2D eigenvalue weighted by atomic mass is 10.2. The van der Waals surface area contributed by atoms with Gasteiger partial charge in [0.1, 0.15) is 11.4 Å². The molecule has 4 N–H and O–H groups in total. The summed E-state index contributed by atoms with van der Waals surface area (Å²) in [5, 5.41) is 10.5. The third-order valence-electron chi connectivity index (χ3n) is 1.46. The van der Waals surface area contributed by atoms with E-state index in [1.165, 1.54) is 6.07 Å². The van der Waals surface area contributed by atoms with Crippen molar-refractivity contribution >= 4 is 40.3 Å². The van der Waals surface area contributed by atoms with Gasteiger partial charge in [-0.05, 0) is 6.07 Å². The van der Waals surface area contributed by atoms with Crippen molar-refractivity contribution in [2.45, 2.75) is 0 Å². The van der Waals surface area contributed by atoms with E-state index < -0.39 is 10.6 Å². The van der Waals surface area contributed by atoms with Gasteiger partial charge < -0.3 is 11.5 Å². The number of benzene rings is 1. The van der Waals surface area contributed by atoms with Gasteiger partial charge in [0.2, 0.25) is 0 Å². The van der Waals surface area contributed by atoms with E-state index in [1.54, 1.807) is 0 Å². The molecule has 0 aliphatic carbocycles. The van der Waals surface area contributed by atoms with Crippen molar-refractivity contribution in [3.8, 4) is 0 Å². The second-order valence-corrected chi connectivity index (χ2v) is 3.09. The molecule has 0 heterocycles. The minimum absolute atomic E-state index is 0.0194. The maximum Gasteiger partial charge on any atom is 0.317 e. The van der Waals surface area contributed by atoms with Gasteiger partial charge in [0.15, 0.2) is 0 Å². The van der Waals surface area contributed by atoms with Crippen molar-refractivity contribution in [3.63, 3.8) is 0 Å². The molecule has 0 atom stereocenters. The summed E-state index contributed by atoms with van der Waals surface area (Å²) in [5.74, 6) is 0. The highest BCUT2D eigenvalue weighted by Gasteiger charge is 2.21. The van der Waals surface area contributed by atoms with E-state index in [2.05, 4.69) is 0 Å². The lowest BCUT2D eigenvalue weighted by Gasteiger charge is -2.04. The van der Waals surface area contributed by atoms with E-state index in [0.717, 1.165) is 0 Å². The summed E-state index contributed by atoms with van der Waals surface area (Å²) in [5.41, 5.74) is 9.89. The van der Waals surface area contributed by atoms with Gasteiger partial charge in [0, 0.05) is 0 Å². The average molecular weight is 222 g/mol. The fourth-order valence-electron chi connectivity index (χ4n) is 0.835. The average Bonchev–Trinajstić information content (AvgIpc) is 2.01. The summed E-state index contributed by atoms with van der Waals surface area (Å²) in [4.78, 5) is 9.76. The highest BCUT2D eigenvalue weighted by Crippen LogP contribution is 2.39. The molecule has 0 saturated carbocycles. The van der Waals surface area contributed by atoms with Crippen LogP contribution < -0.4 is 11.5 Å². The Morgan fingerprint density at radius 1 is 1.23 bits per heavy atom. The van der Waals surface area contributed by atoms with Crippen LogP contribution in [0.5, 0.6) is 0 Å². The molecule has 5 nitrogen and oxygen atoms in total. The van der Waals surface area contributed by atoms with Crippen molar-refractivity contribution in [2.75, 3.05) is 11.5 Å². The van der Waals surface area contributed by atoms with Crippen LogP contribution in [0.4, 0.5) is 17.1 Å². The van der Waals surface area contributed by atoms with Crippen LogP contribution in [0.15, 0.2) is 6.07 Å². The molecule has 0 aromatic heterocycles. The Labute approximate surface area is 83.4 Å². The molecule has 0 aliphatic rings. The van der Waals surface area contributed by atoms with Crippen molar-refractivity contribution in [1.29, 1.82) is 0 Å². The monoisotopic (exact) mass is 221 g/mol. The Morgan fingerprint density at radius 3 is 1.92 bits per heavy atom. The SMILES string of the molecule is Nc1c(Cl)cc(Cl)c(N)c1[N+](=O)[O-]. The predicted molar refractivity (Wildman–Crippen MR) is 51.9 cm³/mol. The Bertz CT molecular complexity index is 354. The van der Waals surface area contributed by atoms with Gasteiger partial charge in [-0.3, -0.25) is 10.1 Å². The molecular formula is C6H5Cl2N3O2. The Kier molecular flexibility index (Phi) is 2.49. The van der Waals surface area contributed by atoms with Crippen LogP contribution in [0, 0.1) is 10.1 Å². The fourth-order valence-corrected chi connectivity index (χ4v) is 1.29. The molecule has 1 rings (SSSR count). The van der Waals surface area contributed by atoms with Gasteiger partial charge in [-0.25, -0.2) is 0 Å². The molecule has 0 fully saturated rings. The van der Waals surface area contributed by atoms with Crippen molar-refractivity contribution in [3.05, 3.63) is 26.2 Å². The molecule has 0 bridgehead atoms. The number of nitro benzene ring substituents is 1. The van der Waals surface area contributed by atoms with Crippen LogP contribution in [0.3, 0.4) is 0 Å². The topological polar surface area (TPSA) is 95.2 Å². The van der Waals surface area contributed by atoms with Gasteiger partial charge in [-0.1, -0.05) is 23.2 Å². The number of halogens is 2. The lowest BCUT2D eigenvalue weighted by Crippen LogP contribution is -2.01. The summed E-state index contributed by atoms with van der Waals surface area (Å²) in [6, 6.07) is 1.26. The first-order chi connectivity index (χ1) is 5.95. The summed E-state index contributed by atoms with van der Waals surface area (Å²) in [7, 11) is 0. The van der Waals surface area contributed by atoms with E-state index in [9.17, 15) is 10.1 Å². The molecule has 0 unspecified atom stereocenters. The molecule has 0 aliphatic heterocycles. The van der Waals surface area contributed by atoms with Gasteiger partial charge in [-0.15, -0.1) is 0 Å². The number of nitrogen functional groups attached to an aromatic ring is 2. The minimum atomic E-state index is -0.720. The van der Waals surface area contributed by atoms with Crippen LogP contribution in [0.2, 0.25) is 10.0 Å². The first-order valence-electron chi connectivity index (χ1n) is 3.12.